The second kappa shape index (κ2) is 4.86. The summed E-state index contributed by atoms with van der Waals surface area (Å²) in [4.78, 5) is 0. The lowest BCUT2D eigenvalue weighted by Crippen LogP contribution is -1.84. The minimum atomic E-state index is -0.731. The Morgan fingerprint density at radius 1 is 0.917 bits per heavy atom. The average molecular weight is 172 g/mol. The molecule has 0 fully saturated rings. The fraction of sp³-hybridized carbons (Fsp3) is 0.400. The summed E-state index contributed by atoms with van der Waals surface area (Å²) in [5.41, 5.74) is 1.23. The molecule has 0 atom stereocenters. The van der Waals surface area contributed by atoms with Gasteiger partial charge in [0.05, 0.1) is 0 Å². The Kier molecular flexibility index (Phi) is 4.49. The number of hydrogen-bond donors (Lipinski definition) is 0. The van der Waals surface area contributed by atoms with Gasteiger partial charge in [-0.15, -0.1) is 0 Å². The molecule has 0 aliphatic rings. The Hall–Kier alpha value is -0.920. The largest absolute Gasteiger partial charge is 0.209 e. The Balaban J connectivity index is 4.25. The van der Waals surface area contributed by atoms with Gasteiger partial charge >= 0.3 is 0 Å². The molecule has 12 heavy (non-hydrogen) atoms. The topological polar surface area (TPSA) is 0 Å². The molecule has 0 rings (SSSR count). The van der Waals surface area contributed by atoms with Crippen molar-refractivity contribution in [3.8, 4) is 0 Å². The highest BCUT2D eigenvalue weighted by molar-refractivity contribution is 5.13. The molecule has 0 bridgehead atoms. The van der Waals surface area contributed by atoms with Crippen LogP contribution in [0.2, 0.25) is 0 Å². The van der Waals surface area contributed by atoms with Gasteiger partial charge in [-0.25, -0.2) is 8.78 Å². The van der Waals surface area contributed by atoms with Crippen LogP contribution in [0.15, 0.2) is 36.0 Å². The van der Waals surface area contributed by atoms with Crippen molar-refractivity contribution in [2.75, 3.05) is 0 Å². The summed E-state index contributed by atoms with van der Waals surface area (Å²) in [6, 6.07) is 0. The molecular formula is C10H14F2. The van der Waals surface area contributed by atoms with Gasteiger partial charge < -0.3 is 0 Å². The van der Waals surface area contributed by atoms with Gasteiger partial charge in [0.1, 0.15) is 11.7 Å². The minimum Gasteiger partial charge on any atom is -0.209 e. The van der Waals surface area contributed by atoms with Crippen molar-refractivity contribution in [2.45, 2.75) is 26.7 Å². The van der Waals surface area contributed by atoms with E-state index in [1.807, 2.05) is 0 Å². The molecule has 0 unspecified atom stereocenters. The number of hydrogen-bond acceptors (Lipinski definition) is 0. The Morgan fingerprint density at radius 2 is 1.17 bits per heavy atom. The number of halogens is 2. The molecule has 0 N–H and O–H groups in total. The molecule has 68 valence electrons. The van der Waals surface area contributed by atoms with Crippen LogP contribution >= 0.6 is 0 Å². The van der Waals surface area contributed by atoms with Crippen LogP contribution in [0.1, 0.15) is 26.7 Å². The van der Waals surface area contributed by atoms with Gasteiger partial charge in [0, 0.05) is 12.8 Å². The average Bonchev–Trinajstić information content (AvgIpc) is 1.84. The maximum absolute atomic E-state index is 12.8. The lowest BCUT2D eigenvalue weighted by molar-refractivity contribution is 0.507. The predicted octanol–water partition coefficient (Wildman–Crippen LogP) is 4.07. The summed E-state index contributed by atoms with van der Waals surface area (Å²) in [6.45, 7) is 10.3. The first-order chi connectivity index (χ1) is 5.43. The molecule has 0 aliphatic carbocycles. The van der Waals surface area contributed by atoms with E-state index in [0.717, 1.165) is 0 Å². The van der Waals surface area contributed by atoms with Gasteiger partial charge in [0.2, 0.25) is 0 Å². The third-order valence-electron chi connectivity index (χ3n) is 1.21. The van der Waals surface area contributed by atoms with Crippen molar-refractivity contribution >= 4 is 0 Å². The quantitative estimate of drug-likeness (QED) is 0.561. The van der Waals surface area contributed by atoms with Crippen molar-refractivity contribution < 1.29 is 8.78 Å². The van der Waals surface area contributed by atoms with Crippen molar-refractivity contribution in [2.24, 2.45) is 0 Å². The zero-order valence-corrected chi connectivity index (χ0v) is 7.58. The van der Waals surface area contributed by atoms with E-state index >= 15 is 0 Å². The number of allylic oxidation sites excluding steroid dienone is 4. The second-order valence-corrected chi connectivity index (χ2v) is 3.08. The smallest absolute Gasteiger partial charge is 0.136 e. The normalized spacial score (nSPS) is 12.3. The van der Waals surface area contributed by atoms with Crippen LogP contribution < -0.4 is 0 Å². The van der Waals surface area contributed by atoms with E-state index in [2.05, 4.69) is 13.2 Å². The van der Waals surface area contributed by atoms with Crippen LogP contribution in [-0.2, 0) is 0 Å². The van der Waals surface area contributed by atoms with E-state index in [4.69, 9.17) is 0 Å². The Labute approximate surface area is 72.3 Å². The molecule has 0 aromatic rings. The highest BCUT2D eigenvalue weighted by atomic mass is 19.2. The van der Waals surface area contributed by atoms with Crippen LogP contribution in [0.25, 0.3) is 0 Å². The highest BCUT2D eigenvalue weighted by Gasteiger charge is 2.05. The van der Waals surface area contributed by atoms with E-state index in [1.54, 1.807) is 13.8 Å². The van der Waals surface area contributed by atoms with E-state index in [-0.39, 0.29) is 12.8 Å². The van der Waals surface area contributed by atoms with Gasteiger partial charge in [-0.2, -0.15) is 0 Å². The lowest BCUT2D eigenvalue weighted by atomic mass is 10.1. The van der Waals surface area contributed by atoms with Crippen LogP contribution in [-0.4, -0.2) is 0 Å². The van der Waals surface area contributed by atoms with Crippen LogP contribution in [0.4, 0.5) is 8.78 Å². The molecule has 0 nitrogen and oxygen atoms in total. The fourth-order valence-corrected chi connectivity index (χ4v) is 0.722. The summed E-state index contributed by atoms with van der Waals surface area (Å²) < 4.78 is 25.6. The summed E-state index contributed by atoms with van der Waals surface area (Å²) in [5, 5.41) is 0. The molecule has 0 radical (unpaired) electrons. The molecule has 0 saturated heterocycles. The van der Waals surface area contributed by atoms with Crippen molar-refractivity contribution in [1.29, 1.82) is 0 Å². The molecule has 0 aliphatic heterocycles. The third-order valence-corrected chi connectivity index (χ3v) is 1.21. The summed E-state index contributed by atoms with van der Waals surface area (Å²) in [5.74, 6) is -1.46. The second-order valence-electron chi connectivity index (χ2n) is 3.08. The monoisotopic (exact) mass is 172 g/mol. The molecule has 0 aromatic carbocycles. The van der Waals surface area contributed by atoms with Gasteiger partial charge in [0.25, 0.3) is 0 Å². The van der Waals surface area contributed by atoms with Gasteiger partial charge in [-0.1, -0.05) is 24.3 Å². The van der Waals surface area contributed by atoms with Gasteiger partial charge in [-0.05, 0) is 13.8 Å². The SMILES string of the molecule is C=C(C)CC(F)=C(F)CC(=C)C. The van der Waals surface area contributed by atoms with E-state index in [0.29, 0.717) is 11.1 Å². The standard InChI is InChI=1S/C10H14F2/c1-7(2)5-9(11)10(12)6-8(3)4/h1,3,5-6H2,2,4H3. The molecular weight excluding hydrogens is 158 g/mol. The van der Waals surface area contributed by atoms with Gasteiger partial charge in [0.15, 0.2) is 0 Å². The molecule has 0 saturated carbocycles. The molecule has 0 amide bonds. The van der Waals surface area contributed by atoms with Crippen LogP contribution in [0.5, 0.6) is 0 Å². The summed E-state index contributed by atoms with van der Waals surface area (Å²) in [7, 11) is 0. The van der Waals surface area contributed by atoms with Crippen LogP contribution in [0, 0.1) is 0 Å². The Bertz CT molecular complexity index is 200. The minimum absolute atomic E-state index is 0.0148. The lowest BCUT2D eigenvalue weighted by Gasteiger charge is -2.00. The molecule has 0 aromatic heterocycles. The van der Waals surface area contributed by atoms with E-state index < -0.39 is 11.7 Å². The maximum atomic E-state index is 12.8. The van der Waals surface area contributed by atoms with E-state index in [1.165, 1.54) is 0 Å². The summed E-state index contributed by atoms with van der Waals surface area (Å²) in [6.07, 6.45) is -0.0295. The van der Waals surface area contributed by atoms with Crippen molar-refractivity contribution in [1.82, 2.24) is 0 Å². The van der Waals surface area contributed by atoms with Crippen molar-refractivity contribution in [3.05, 3.63) is 36.0 Å². The first-order valence-electron chi connectivity index (χ1n) is 3.75. The molecule has 0 spiro atoms. The molecule has 0 heterocycles. The zero-order valence-electron chi connectivity index (χ0n) is 7.58. The van der Waals surface area contributed by atoms with Crippen molar-refractivity contribution in [3.63, 3.8) is 0 Å². The summed E-state index contributed by atoms with van der Waals surface area (Å²) >= 11 is 0. The van der Waals surface area contributed by atoms with Crippen LogP contribution in [0.3, 0.4) is 0 Å². The maximum Gasteiger partial charge on any atom is 0.136 e. The first-order valence-corrected chi connectivity index (χ1v) is 3.75. The highest BCUT2D eigenvalue weighted by Crippen LogP contribution is 2.21. The number of rotatable bonds is 4. The fourth-order valence-electron chi connectivity index (χ4n) is 0.722. The van der Waals surface area contributed by atoms with Gasteiger partial charge in [-0.3, -0.25) is 0 Å². The molecule has 2 heteroatoms. The predicted molar refractivity (Wildman–Crippen MR) is 48.1 cm³/mol. The Morgan fingerprint density at radius 3 is 1.33 bits per heavy atom. The van der Waals surface area contributed by atoms with E-state index in [9.17, 15) is 8.78 Å². The first kappa shape index (κ1) is 11.1. The zero-order chi connectivity index (χ0) is 9.72. The third kappa shape index (κ3) is 4.83.